The number of nitrogens with one attached hydrogen (secondary N) is 2. The summed E-state index contributed by atoms with van der Waals surface area (Å²) in [6.07, 6.45) is -0.682. The van der Waals surface area contributed by atoms with Gasteiger partial charge in [-0.15, -0.1) is 11.3 Å². The van der Waals surface area contributed by atoms with E-state index in [1.54, 1.807) is 32.4 Å². The molecule has 0 fully saturated rings. The van der Waals surface area contributed by atoms with E-state index in [2.05, 4.69) is 15.6 Å². The molecule has 0 saturated carbocycles. The van der Waals surface area contributed by atoms with Gasteiger partial charge in [-0.1, -0.05) is 6.07 Å². The zero-order valence-corrected chi connectivity index (χ0v) is 14.6. The third kappa shape index (κ3) is 4.92. The van der Waals surface area contributed by atoms with Gasteiger partial charge < -0.3 is 25.2 Å². The minimum atomic E-state index is -0.682. The number of nitrogens with zero attached hydrogens (tertiary/aromatic N) is 1. The van der Waals surface area contributed by atoms with Crippen LogP contribution in [0.15, 0.2) is 23.6 Å². The van der Waals surface area contributed by atoms with Crippen LogP contribution in [0.2, 0.25) is 0 Å². The van der Waals surface area contributed by atoms with Crippen molar-refractivity contribution < 1.29 is 19.4 Å². The first-order chi connectivity index (χ1) is 11.5. The smallest absolute Gasteiger partial charge is 0.223 e. The van der Waals surface area contributed by atoms with Gasteiger partial charge in [-0.3, -0.25) is 4.79 Å². The van der Waals surface area contributed by atoms with Gasteiger partial charge in [-0.05, 0) is 17.7 Å². The highest BCUT2D eigenvalue weighted by molar-refractivity contribution is 7.13. The number of carbonyl (C=O) groups is 1. The van der Waals surface area contributed by atoms with Crippen molar-refractivity contribution >= 4 is 22.4 Å². The van der Waals surface area contributed by atoms with Crippen LogP contribution in [0.1, 0.15) is 24.3 Å². The largest absolute Gasteiger partial charge is 0.493 e. The minimum Gasteiger partial charge on any atom is -0.493 e. The van der Waals surface area contributed by atoms with E-state index in [0.29, 0.717) is 29.7 Å². The molecule has 0 saturated heterocycles. The molecule has 1 unspecified atom stereocenters. The number of carbonyl (C=O) groups excluding carboxylic acids is 1. The fourth-order valence-electron chi connectivity index (χ4n) is 2.11. The zero-order valence-electron chi connectivity index (χ0n) is 13.8. The minimum absolute atomic E-state index is 0.146. The molecule has 0 radical (unpaired) electrons. The summed E-state index contributed by atoms with van der Waals surface area (Å²) in [5.41, 5.74) is 1.54. The van der Waals surface area contributed by atoms with E-state index in [4.69, 9.17) is 9.47 Å². The highest BCUT2D eigenvalue weighted by Crippen LogP contribution is 2.29. The lowest BCUT2D eigenvalue weighted by Crippen LogP contribution is -2.21. The highest BCUT2D eigenvalue weighted by Gasteiger charge is 2.12. The average molecular weight is 351 g/mol. The number of thiazole rings is 1. The molecule has 0 spiro atoms. The first-order valence-electron chi connectivity index (χ1n) is 7.36. The Bertz CT molecular complexity index is 690. The maximum Gasteiger partial charge on any atom is 0.223 e. The molecule has 1 amide bonds. The molecule has 7 nitrogen and oxygen atoms in total. The summed E-state index contributed by atoms with van der Waals surface area (Å²) in [4.78, 5) is 15.2. The highest BCUT2D eigenvalue weighted by atomic mass is 32.1. The normalized spacial score (nSPS) is 11.8. The molecule has 1 aromatic heterocycles. The number of hydrogen-bond acceptors (Lipinski definition) is 7. The van der Waals surface area contributed by atoms with E-state index in [9.17, 15) is 9.90 Å². The summed E-state index contributed by atoms with van der Waals surface area (Å²) in [6, 6.07) is 5.31. The Morgan fingerprint density at radius 1 is 1.33 bits per heavy atom. The van der Waals surface area contributed by atoms with E-state index in [-0.39, 0.29) is 5.91 Å². The number of aliphatic hydroxyl groups is 1. The molecule has 0 aliphatic carbocycles. The van der Waals surface area contributed by atoms with Crippen molar-refractivity contribution in [2.24, 2.45) is 0 Å². The Morgan fingerprint density at radius 2 is 2.08 bits per heavy atom. The summed E-state index contributed by atoms with van der Waals surface area (Å²) < 4.78 is 10.4. The second kappa shape index (κ2) is 8.62. The van der Waals surface area contributed by atoms with Crippen molar-refractivity contribution in [1.82, 2.24) is 10.3 Å². The first-order valence-corrected chi connectivity index (χ1v) is 8.24. The molecule has 0 aliphatic rings. The van der Waals surface area contributed by atoms with Crippen LogP contribution in [0.25, 0.3) is 0 Å². The summed E-state index contributed by atoms with van der Waals surface area (Å²) in [7, 11) is 3.12. The van der Waals surface area contributed by atoms with Crippen LogP contribution < -0.4 is 20.1 Å². The van der Waals surface area contributed by atoms with E-state index in [1.807, 2.05) is 5.38 Å². The summed E-state index contributed by atoms with van der Waals surface area (Å²) in [6.45, 7) is 2.31. The van der Waals surface area contributed by atoms with Gasteiger partial charge in [0.2, 0.25) is 5.91 Å². The van der Waals surface area contributed by atoms with Crippen LogP contribution in [0.4, 0.5) is 5.13 Å². The van der Waals surface area contributed by atoms with Crippen molar-refractivity contribution in [2.45, 2.75) is 19.6 Å². The molecule has 0 aliphatic heterocycles. The number of ether oxygens (including phenoxy) is 2. The topological polar surface area (TPSA) is 92.7 Å². The van der Waals surface area contributed by atoms with Crippen LogP contribution >= 0.6 is 11.3 Å². The van der Waals surface area contributed by atoms with Crippen molar-refractivity contribution in [3.8, 4) is 11.5 Å². The summed E-state index contributed by atoms with van der Waals surface area (Å²) in [5, 5.41) is 18.5. The number of rotatable bonds is 8. The lowest BCUT2D eigenvalue weighted by molar-refractivity contribution is -0.114. The molecule has 130 valence electrons. The maximum atomic E-state index is 11.0. The Labute approximate surface area is 144 Å². The predicted molar refractivity (Wildman–Crippen MR) is 92.6 cm³/mol. The number of methoxy groups -OCH3 is 2. The van der Waals surface area contributed by atoms with Crippen LogP contribution in [0.3, 0.4) is 0 Å². The van der Waals surface area contributed by atoms with Gasteiger partial charge in [0.05, 0.1) is 26.0 Å². The van der Waals surface area contributed by atoms with Crippen molar-refractivity contribution in [1.29, 1.82) is 0 Å². The van der Waals surface area contributed by atoms with E-state index in [0.717, 1.165) is 11.3 Å². The van der Waals surface area contributed by atoms with Gasteiger partial charge in [-0.25, -0.2) is 4.98 Å². The molecular formula is C16H21N3O4S. The Balaban J connectivity index is 1.87. The van der Waals surface area contributed by atoms with Gasteiger partial charge in [0.1, 0.15) is 0 Å². The van der Waals surface area contributed by atoms with Crippen LogP contribution in [-0.2, 0) is 11.3 Å². The van der Waals surface area contributed by atoms with E-state index < -0.39 is 6.10 Å². The number of benzene rings is 1. The number of aromatic nitrogens is 1. The molecule has 24 heavy (non-hydrogen) atoms. The standard InChI is InChI=1S/C16H21N3O4S/c1-10(20)18-16-19-12(9-24-16)7-17-8-13(21)11-4-5-14(22-2)15(6-11)23-3/h4-6,9,13,17,21H,7-8H2,1-3H3,(H,18,19,20). The van der Waals surface area contributed by atoms with Gasteiger partial charge in [0, 0.05) is 25.4 Å². The second-order valence-electron chi connectivity index (χ2n) is 5.09. The predicted octanol–water partition coefficient (Wildman–Crippen LogP) is 1.94. The number of anilines is 1. The Morgan fingerprint density at radius 3 is 2.75 bits per heavy atom. The van der Waals surface area contributed by atoms with Gasteiger partial charge in [0.25, 0.3) is 0 Å². The Kier molecular flexibility index (Phi) is 6.53. The van der Waals surface area contributed by atoms with Crippen molar-refractivity contribution in [3.05, 3.63) is 34.8 Å². The molecule has 3 N–H and O–H groups in total. The van der Waals surface area contributed by atoms with Gasteiger partial charge in [-0.2, -0.15) is 0 Å². The van der Waals surface area contributed by atoms with Crippen molar-refractivity contribution in [2.75, 3.05) is 26.1 Å². The van der Waals surface area contributed by atoms with Crippen LogP contribution in [0.5, 0.6) is 11.5 Å². The third-order valence-corrected chi connectivity index (χ3v) is 4.08. The zero-order chi connectivity index (χ0) is 17.5. The van der Waals surface area contributed by atoms with Crippen molar-refractivity contribution in [3.63, 3.8) is 0 Å². The lowest BCUT2D eigenvalue weighted by Gasteiger charge is -2.14. The van der Waals surface area contributed by atoms with Gasteiger partial charge in [0.15, 0.2) is 16.6 Å². The molecule has 8 heteroatoms. The summed E-state index contributed by atoms with van der Waals surface area (Å²) >= 11 is 1.37. The first kappa shape index (κ1) is 18.2. The average Bonchev–Trinajstić information content (AvgIpc) is 3.00. The van der Waals surface area contributed by atoms with Gasteiger partial charge >= 0.3 is 0 Å². The Hall–Kier alpha value is -2.16. The van der Waals surface area contributed by atoms with Crippen LogP contribution in [-0.4, -0.2) is 36.8 Å². The fourth-order valence-corrected chi connectivity index (χ4v) is 2.87. The van der Waals surface area contributed by atoms with E-state index >= 15 is 0 Å². The molecule has 1 heterocycles. The number of aliphatic hydroxyl groups excluding tert-OH is 1. The lowest BCUT2D eigenvalue weighted by atomic mass is 10.1. The third-order valence-electron chi connectivity index (χ3n) is 3.27. The van der Waals surface area contributed by atoms with E-state index in [1.165, 1.54) is 18.3 Å². The molecule has 2 aromatic rings. The quantitative estimate of drug-likeness (QED) is 0.673. The fraction of sp³-hybridized carbons (Fsp3) is 0.375. The molecule has 2 rings (SSSR count). The number of hydrogen-bond donors (Lipinski definition) is 3. The molecule has 1 aromatic carbocycles. The number of amides is 1. The van der Waals surface area contributed by atoms with Crippen LogP contribution in [0, 0.1) is 0 Å². The molecule has 0 bridgehead atoms. The SMILES string of the molecule is COc1ccc(C(O)CNCc2csc(NC(C)=O)n2)cc1OC. The molecular weight excluding hydrogens is 330 g/mol. The monoisotopic (exact) mass is 351 g/mol. The summed E-state index contributed by atoms with van der Waals surface area (Å²) in [5.74, 6) is 1.05. The second-order valence-corrected chi connectivity index (χ2v) is 5.94. The molecule has 1 atom stereocenters. The maximum absolute atomic E-state index is 11.0.